The molecule has 0 N–H and O–H groups in total. The summed E-state index contributed by atoms with van der Waals surface area (Å²) < 4.78 is -1.55. The van der Waals surface area contributed by atoms with Crippen LogP contribution in [0.4, 0.5) is 0 Å². The van der Waals surface area contributed by atoms with Gasteiger partial charge in [0.25, 0.3) is 0 Å². The Bertz CT molecular complexity index is 324. The number of halogens is 5. The van der Waals surface area contributed by atoms with Crippen molar-refractivity contribution in [2.75, 3.05) is 0 Å². The van der Waals surface area contributed by atoms with Crippen molar-refractivity contribution in [1.29, 1.82) is 0 Å². The summed E-state index contributed by atoms with van der Waals surface area (Å²) in [5.74, 6) is 0. The van der Waals surface area contributed by atoms with E-state index in [2.05, 4.69) is 0 Å². The molecule has 0 heterocycles. The quantitative estimate of drug-likeness (QED) is 0.277. The van der Waals surface area contributed by atoms with Crippen LogP contribution in [0, 0.1) is 0 Å². The number of rotatable bonds is 3. The monoisotopic (exact) mass is 480 g/mol. The molecule has 3 saturated carbocycles. The number of alkyl halides is 5. The predicted molar refractivity (Wildman–Crippen MR) is 123 cm³/mol. The van der Waals surface area contributed by atoms with Gasteiger partial charge in [0.05, 0.1) is 0 Å². The zero-order valence-corrected chi connectivity index (χ0v) is 20.4. The number of hydrogen-bond donors (Lipinski definition) is 0. The predicted octanol–water partition coefficient (Wildman–Crippen LogP) is 9.63. The molecule has 0 saturated heterocycles. The minimum atomic E-state index is -1.55. The van der Waals surface area contributed by atoms with Gasteiger partial charge < -0.3 is 0 Å². The Labute approximate surface area is 187 Å². The summed E-state index contributed by atoms with van der Waals surface area (Å²) in [5, 5.41) is 0. The first-order valence-corrected chi connectivity index (χ1v) is 14.1. The fourth-order valence-corrected chi connectivity index (χ4v) is 9.71. The molecule has 0 aromatic heterocycles. The summed E-state index contributed by atoms with van der Waals surface area (Å²) in [4.78, 5) is -0.961. The second-order valence-electron chi connectivity index (χ2n) is 8.17. The molecule has 0 radical (unpaired) electrons. The smallest absolute Gasteiger partial charge is 0.101 e. The molecule has 0 nitrogen and oxygen atoms in total. The SMILES string of the molecule is C1CCC(P(C2CCCCC2)C2CCCCC2)CC1.ClC(Cl)C(Cl)(Cl)Cl. The van der Waals surface area contributed by atoms with Crippen LogP contribution >= 0.6 is 65.9 Å². The van der Waals surface area contributed by atoms with Crippen LogP contribution in [0.25, 0.3) is 0 Å². The third-order valence-corrected chi connectivity index (χ3v) is 12.3. The van der Waals surface area contributed by atoms with E-state index in [-0.39, 0.29) is 0 Å². The van der Waals surface area contributed by atoms with Crippen LogP contribution in [0.1, 0.15) is 96.3 Å². The molecule has 0 amide bonds. The Morgan fingerprint density at radius 2 is 0.769 bits per heavy atom. The largest absolute Gasteiger partial charge is 0.220 e. The standard InChI is InChI=1S/C18H33P.C2HCl5/c1-4-10-16(11-5-1)19(17-12-6-2-7-13-17)18-14-8-3-9-15-18;3-1(4)2(5,6)7/h16-18H,1-15H2;1H. The van der Waals surface area contributed by atoms with Gasteiger partial charge in [0.2, 0.25) is 3.79 Å². The summed E-state index contributed by atoms with van der Waals surface area (Å²) in [6.07, 6.45) is 23.6. The second-order valence-corrected chi connectivity index (χ2v) is 14.7. The van der Waals surface area contributed by atoms with Crippen molar-refractivity contribution in [2.45, 2.75) is 122 Å². The maximum absolute atomic E-state index is 5.14. The Morgan fingerprint density at radius 1 is 0.538 bits per heavy atom. The Hall–Kier alpha value is 1.88. The van der Waals surface area contributed by atoms with Gasteiger partial charge in [-0.1, -0.05) is 101 Å². The van der Waals surface area contributed by atoms with Crippen molar-refractivity contribution in [1.82, 2.24) is 0 Å². The lowest BCUT2D eigenvalue weighted by atomic mass is 9.99. The van der Waals surface area contributed by atoms with Crippen molar-refractivity contribution in [3.8, 4) is 0 Å². The molecule has 26 heavy (non-hydrogen) atoms. The van der Waals surface area contributed by atoms with Crippen LogP contribution in [0.5, 0.6) is 0 Å². The summed E-state index contributed by atoms with van der Waals surface area (Å²) in [5.41, 5.74) is 3.57. The van der Waals surface area contributed by atoms with Gasteiger partial charge in [-0.25, -0.2) is 0 Å². The topological polar surface area (TPSA) is 0 Å². The van der Waals surface area contributed by atoms with Crippen molar-refractivity contribution in [3.05, 3.63) is 0 Å². The van der Waals surface area contributed by atoms with E-state index in [0.717, 1.165) is 0 Å². The highest BCUT2D eigenvalue weighted by atomic mass is 35.6. The molecule has 0 aliphatic heterocycles. The highest BCUT2D eigenvalue weighted by Crippen LogP contribution is 2.61. The first-order chi connectivity index (χ1) is 12.4. The lowest BCUT2D eigenvalue weighted by Crippen LogP contribution is -2.28. The molecule has 0 unspecified atom stereocenters. The van der Waals surface area contributed by atoms with Gasteiger partial charge >= 0.3 is 0 Å². The molecule has 6 heteroatoms. The van der Waals surface area contributed by atoms with Crippen molar-refractivity contribution in [3.63, 3.8) is 0 Å². The highest BCUT2D eigenvalue weighted by molar-refractivity contribution is 7.60. The van der Waals surface area contributed by atoms with E-state index in [4.69, 9.17) is 58.0 Å². The van der Waals surface area contributed by atoms with Gasteiger partial charge in [0.1, 0.15) is 0 Å². The van der Waals surface area contributed by atoms with E-state index < -0.39 is 8.63 Å². The number of hydrogen-bond acceptors (Lipinski definition) is 0. The maximum atomic E-state index is 5.14. The lowest BCUT2D eigenvalue weighted by Gasteiger charge is -2.44. The van der Waals surface area contributed by atoms with E-state index in [1.807, 2.05) is 0 Å². The lowest BCUT2D eigenvalue weighted by molar-refractivity contribution is 0.460. The average Bonchev–Trinajstić information content (AvgIpc) is 2.64. The van der Waals surface area contributed by atoms with Gasteiger partial charge in [-0.2, -0.15) is 0 Å². The van der Waals surface area contributed by atoms with E-state index >= 15 is 0 Å². The van der Waals surface area contributed by atoms with Crippen LogP contribution in [0.3, 0.4) is 0 Å². The van der Waals surface area contributed by atoms with Gasteiger partial charge in [-0.3, -0.25) is 0 Å². The summed E-state index contributed by atoms with van der Waals surface area (Å²) in [6.45, 7) is 0. The molecule has 0 aromatic rings. The van der Waals surface area contributed by atoms with E-state index in [1.165, 1.54) is 36.2 Å². The van der Waals surface area contributed by atoms with Gasteiger partial charge in [0, 0.05) is 0 Å². The first-order valence-electron chi connectivity index (χ1n) is 10.5. The average molecular weight is 483 g/mol. The molecule has 3 rings (SSSR count). The summed E-state index contributed by atoms with van der Waals surface area (Å²) in [6, 6.07) is 0. The fraction of sp³-hybridized carbons (Fsp3) is 1.00. The van der Waals surface area contributed by atoms with Crippen LogP contribution in [0.15, 0.2) is 0 Å². The normalized spacial score (nSPS) is 24.6. The molecular formula is C20H34Cl5P. The van der Waals surface area contributed by atoms with Gasteiger partial charge in [-0.05, 0) is 55.5 Å². The Kier molecular flexibility index (Phi) is 11.7. The Balaban J connectivity index is 0.000000298. The third-order valence-electron chi connectivity index (χ3n) is 6.24. The van der Waals surface area contributed by atoms with Crippen molar-refractivity contribution >= 4 is 65.9 Å². The van der Waals surface area contributed by atoms with Gasteiger partial charge in [0.15, 0.2) is 4.84 Å². The second kappa shape index (κ2) is 12.5. The molecule has 0 bridgehead atoms. The third kappa shape index (κ3) is 8.32. The fourth-order valence-electron chi connectivity index (χ4n) is 5.03. The first kappa shape index (κ1) is 24.2. The van der Waals surface area contributed by atoms with E-state index in [9.17, 15) is 0 Å². The molecule has 0 atom stereocenters. The van der Waals surface area contributed by atoms with E-state index in [0.29, 0.717) is 7.92 Å². The molecule has 3 aliphatic rings. The van der Waals surface area contributed by atoms with Gasteiger partial charge in [-0.15, -0.1) is 23.2 Å². The minimum absolute atomic E-state index is 0.385. The highest BCUT2D eigenvalue weighted by Gasteiger charge is 2.36. The van der Waals surface area contributed by atoms with Crippen LogP contribution < -0.4 is 0 Å². The molecular weight excluding hydrogens is 448 g/mol. The van der Waals surface area contributed by atoms with Crippen LogP contribution in [-0.2, 0) is 0 Å². The molecule has 3 aliphatic carbocycles. The summed E-state index contributed by atoms with van der Waals surface area (Å²) >= 11 is 25.7. The molecule has 0 spiro atoms. The van der Waals surface area contributed by atoms with Crippen molar-refractivity contribution < 1.29 is 0 Å². The Morgan fingerprint density at radius 3 is 0.962 bits per heavy atom. The van der Waals surface area contributed by atoms with E-state index in [1.54, 1.807) is 77.0 Å². The molecule has 3 fully saturated rings. The minimum Gasteiger partial charge on any atom is -0.101 e. The molecule has 0 aromatic carbocycles. The molecule has 154 valence electrons. The van der Waals surface area contributed by atoms with Crippen molar-refractivity contribution in [2.24, 2.45) is 0 Å². The maximum Gasteiger partial charge on any atom is 0.220 e. The van der Waals surface area contributed by atoms with Crippen LogP contribution in [-0.4, -0.2) is 25.6 Å². The zero-order valence-electron chi connectivity index (χ0n) is 15.8. The summed E-state index contributed by atoms with van der Waals surface area (Å²) in [7, 11) is 0.385. The zero-order chi connectivity index (χ0) is 19.0. The van der Waals surface area contributed by atoms with Crippen LogP contribution in [0.2, 0.25) is 0 Å².